The Hall–Kier alpha value is -2.82. The van der Waals surface area contributed by atoms with Crippen LogP contribution < -0.4 is 4.74 Å². The number of rotatable bonds is 6. The van der Waals surface area contributed by atoms with Gasteiger partial charge in [0.1, 0.15) is 11.5 Å². The van der Waals surface area contributed by atoms with Crippen LogP contribution in [0.5, 0.6) is 11.5 Å². The summed E-state index contributed by atoms with van der Waals surface area (Å²) in [4.78, 5) is 21.5. The Balaban J connectivity index is 2.22. The van der Waals surface area contributed by atoms with Gasteiger partial charge in [0.2, 0.25) is 0 Å². The highest BCUT2D eigenvalue weighted by atomic mass is 16.5. The van der Waals surface area contributed by atoms with Gasteiger partial charge in [0.15, 0.2) is 0 Å². The molecule has 2 aromatic rings. The van der Waals surface area contributed by atoms with Gasteiger partial charge in [-0.3, -0.25) is 9.59 Å². The molecule has 2 rings (SSSR count). The van der Waals surface area contributed by atoms with Gasteiger partial charge in [-0.15, -0.1) is 0 Å². The molecule has 2 N–H and O–H groups in total. The van der Waals surface area contributed by atoms with E-state index in [-0.39, 0.29) is 12.8 Å². The quantitative estimate of drug-likeness (QED) is 0.853. The standard InChI is InChI=1S/C16H14O5/c17-15(18)9-11-4-3-6-13(8-11)21-14-7-2-1-5-12(14)10-16(19)20/h1-8H,9-10H2,(H,17,18)(H,19,20). The van der Waals surface area contributed by atoms with Gasteiger partial charge >= 0.3 is 11.9 Å². The van der Waals surface area contributed by atoms with Gasteiger partial charge in [0, 0.05) is 5.56 Å². The first-order chi connectivity index (χ1) is 10.0. The van der Waals surface area contributed by atoms with Crippen LogP contribution >= 0.6 is 0 Å². The third-order valence-corrected chi connectivity index (χ3v) is 2.80. The predicted molar refractivity (Wildman–Crippen MR) is 75.6 cm³/mol. The highest BCUT2D eigenvalue weighted by Crippen LogP contribution is 2.26. The molecule has 0 saturated heterocycles. The molecular weight excluding hydrogens is 272 g/mol. The first-order valence-corrected chi connectivity index (χ1v) is 6.33. The Morgan fingerprint density at radius 1 is 0.905 bits per heavy atom. The number of carboxylic acid groups (broad SMARTS) is 2. The van der Waals surface area contributed by atoms with E-state index in [0.717, 1.165) is 0 Å². The van der Waals surface area contributed by atoms with E-state index < -0.39 is 11.9 Å². The average molecular weight is 286 g/mol. The van der Waals surface area contributed by atoms with Crippen molar-refractivity contribution in [2.45, 2.75) is 12.8 Å². The summed E-state index contributed by atoms with van der Waals surface area (Å²) < 4.78 is 5.68. The molecule has 21 heavy (non-hydrogen) atoms. The third kappa shape index (κ3) is 4.35. The highest BCUT2D eigenvalue weighted by Gasteiger charge is 2.09. The SMILES string of the molecule is O=C(O)Cc1cccc(Oc2ccccc2CC(=O)O)c1. The van der Waals surface area contributed by atoms with Crippen LogP contribution in [0, 0.1) is 0 Å². The number of aliphatic carboxylic acids is 2. The number of hydrogen-bond acceptors (Lipinski definition) is 3. The second-order valence-electron chi connectivity index (χ2n) is 4.50. The Labute approximate surface area is 121 Å². The molecule has 0 fully saturated rings. The van der Waals surface area contributed by atoms with E-state index in [9.17, 15) is 9.59 Å². The topological polar surface area (TPSA) is 83.8 Å². The van der Waals surface area contributed by atoms with E-state index in [1.165, 1.54) is 0 Å². The zero-order valence-corrected chi connectivity index (χ0v) is 11.2. The van der Waals surface area contributed by atoms with Gasteiger partial charge in [-0.1, -0.05) is 30.3 Å². The second-order valence-corrected chi connectivity index (χ2v) is 4.50. The summed E-state index contributed by atoms with van der Waals surface area (Å²) in [6.45, 7) is 0. The zero-order valence-electron chi connectivity index (χ0n) is 11.2. The summed E-state index contributed by atoms with van der Waals surface area (Å²) in [6.07, 6.45) is -0.223. The van der Waals surface area contributed by atoms with E-state index in [1.807, 2.05) is 0 Å². The van der Waals surface area contributed by atoms with Gasteiger partial charge in [-0.05, 0) is 23.8 Å². The van der Waals surface area contributed by atoms with E-state index in [2.05, 4.69) is 0 Å². The molecule has 0 heterocycles. The minimum Gasteiger partial charge on any atom is -0.481 e. The van der Waals surface area contributed by atoms with Crippen LogP contribution in [0.15, 0.2) is 48.5 Å². The summed E-state index contributed by atoms with van der Waals surface area (Å²) in [6, 6.07) is 13.6. The van der Waals surface area contributed by atoms with Crippen LogP contribution in [0.4, 0.5) is 0 Å². The minimum absolute atomic E-state index is 0.0893. The fraction of sp³-hybridized carbons (Fsp3) is 0.125. The summed E-state index contributed by atoms with van der Waals surface area (Å²) in [5, 5.41) is 17.7. The average Bonchev–Trinajstić information content (AvgIpc) is 2.40. The van der Waals surface area contributed by atoms with Crippen LogP contribution in [0.2, 0.25) is 0 Å². The molecule has 0 amide bonds. The molecule has 0 aliphatic rings. The fourth-order valence-electron chi connectivity index (χ4n) is 1.93. The van der Waals surface area contributed by atoms with Crippen molar-refractivity contribution >= 4 is 11.9 Å². The van der Waals surface area contributed by atoms with Crippen molar-refractivity contribution in [1.29, 1.82) is 0 Å². The molecule has 0 saturated carbocycles. The summed E-state index contributed by atoms with van der Waals surface area (Å²) in [7, 11) is 0. The van der Waals surface area contributed by atoms with Crippen molar-refractivity contribution in [3.8, 4) is 11.5 Å². The third-order valence-electron chi connectivity index (χ3n) is 2.80. The van der Waals surface area contributed by atoms with Crippen molar-refractivity contribution in [2.24, 2.45) is 0 Å². The summed E-state index contributed by atoms with van der Waals surface area (Å²) in [5.74, 6) is -0.928. The lowest BCUT2D eigenvalue weighted by Gasteiger charge is -2.10. The molecule has 0 unspecified atom stereocenters. The maximum Gasteiger partial charge on any atom is 0.307 e. The van der Waals surface area contributed by atoms with E-state index in [1.54, 1.807) is 48.5 Å². The van der Waals surface area contributed by atoms with Gasteiger partial charge < -0.3 is 14.9 Å². The molecule has 2 aromatic carbocycles. The van der Waals surface area contributed by atoms with Crippen molar-refractivity contribution in [3.05, 3.63) is 59.7 Å². The Morgan fingerprint density at radius 3 is 2.33 bits per heavy atom. The van der Waals surface area contributed by atoms with Gasteiger partial charge in [0.05, 0.1) is 12.8 Å². The number of carbonyl (C=O) groups is 2. The lowest BCUT2D eigenvalue weighted by atomic mass is 10.1. The van der Waals surface area contributed by atoms with Crippen molar-refractivity contribution in [1.82, 2.24) is 0 Å². The molecule has 0 spiro atoms. The van der Waals surface area contributed by atoms with Crippen LogP contribution in [0.3, 0.4) is 0 Å². The summed E-state index contributed by atoms with van der Waals surface area (Å²) in [5.41, 5.74) is 1.18. The highest BCUT2D eigenvalue weighted by molar-refractivity contribution is 5.71. The van der Waals surface area contributed by atoms with E-state index in [4.69, 9.17) is 14.9 Å². The van der Waals surface area contributed by atoms with Crippen molar-refractivity contribution < 1.29 is 24.5 Å². The van der Waals surface area contributed by atoms with E-state index >= 15 is 0 Å². The molecule has 108 valence electrons. The number of hydrogen-bond donors (Lipinski definition) is 2. The Kier molecular flexibility index (Phi) is 4.56. The van der Waals surface area contributed by atoms with Crippen LogP contribution in [0.25, 0.3) is 0 Å². The van der Waals surface area contributed by atoms with Gasteiger partial charge in [-0.2, -0.15) is 0 Å². The Morgan fingerprint density at radius 2 is 1.62 bits per heavy atom. The number of benzene rings is 2. The number of para-hydroxylation sites is 1. The largest absolute Gasteiger partial charge is 0.481 e. The number of ether oxygens (including phenoxy) is 1. The second kappa shape index (κ2) is 6.56. The fourth-order valence-corrected chi connectivity index (χ4v) is 1.93. The molecule has 0 aromatic heterocycles. The smallest absolute Gasteiger partial charge is 0.307 e. The first-order valence-electron chi connectivity index (χ1n) is 6.33. The lowest BCUT2D eigenvalue weighted by Crippen LogP contribution is -2.02. The van der Waals surface area contributed by atoms with Crippen LogP contribution in [-0.2, 0) is 22.4 Å². The molecule has 0 radical (unpaired) electrons. The van der Waals surface area contributed by atoms with Gasteiger partial charge in [0.25, 0.3) is 0 Å². The molecule has 0 aliphatic heterocycles. The molecule has 5 heteroatoms. The normalized spacial score (nSPS) is 10.1. The van der Waals surface area contributed by atoms with Crippen LogP contribution in [0.1, 0.15) is 11.1 Å². The predicted octanol–water partition coefficient (Wildman–Crippen LogP) is 2.73. The summed E-state index contributed by atoms with van der Waals surface area (Å²) >= 11 is 0. The molecular formula is C16H14O5. The van der Waals surface area contributed by atoms with Crippen molar-refractivity contribution in [3.63, 3.8) is 0 Å². The number of carboxylic acids is 2. The molecule has 0 bridgehead atoms. The van der Waals surface area contributed by atoms with Crippen LogP contribution in [-0.4, -0.2) is 22.2 Å². The lowest BCUT2D eigenvalue weighted by molar-refractivity contribution is -0.137. The molecule has 0 aliphatic carbocycles. The monoisotopic (exact) mass is 286 g/mol. The first kappa shape index (κ1) is 14.6. The maximum atomic E-state index is 10.8. The van der Waals surface area contributed by atoms with Gasteiger partial charge in [-0.25, -0.2) is 0 Å². The zero-order chi connectivity index (χ0) is 15.2. The maximum absolute atomic E-state index is 10.8. The molecule has 5 nitrogen and oxygen atoms in total. The van der Waals surface area contributed by atoms with Crippen molar-refractivity contribution in [2.75, 3.05) is 0 Å². The Bertz CT molecular complexity index is 663. The minimum atomic E-state index is -0.939. The van der Waals surface area contributed by atoms with E-state index in [0.29, 0.717) is 22.6 Å². The molecule has 0 atom stereocenters.